The van der Waals surface area contributed by atoms with Crippen molar-refractivity contribution in [2.75, 3.05) is 6.61 Å². The molecule has 1 heterocycles. The number of alkyl halides is 3. The van der Waals surface area contributed by atoms with E-state index in [0.717, 1.165) is 6.20 Å². The molecule has 0 spiro atoms. The standard InChI is InChI=1S/C11H16F3N3O/c1-10(2,3)16-5-8-4-15-6-9(17-8)18-7-11(12,13)14/h4,6,16H,5,7H2,1-3H3. The minimum absolute atomic E-state index is 0.107. The van der Waals surface area contributed by atoms with Crippen molar-refractivity contribution in [1.82, 2.24) is 15.3 Å². The van der Waals surface area contributed by atoms with Crippen molar-refractivity contribution >= 4 is 0 Å². The van der Waals surface area contributed by atoms with Crippen molar-refractivity contribution in [2.45, 2.75) is 39.0 Å². The Labute approximate surface area is 104 Å². The van der Waals surface area contributed by atoms with Gasteiger partial charge in [0.2, 0.25) is 5.88 Å². The molecule has 0 atom stereocenters. The van der Waals surface area contributed by atoms with Crippen molar-refractivity contribution in [3.8, 4) is 5.88 Å². The van der Waals surface area contributed by atoms with Crippen molar-refractivity contribution < 1.29 is 17.9 Å². The Bertz CT molecular complexity index is 355. The summed E-state index contributed by atoms with van der Waals surface area (Å²) in [6.07, 6.45) is -1.73. The second-order valence-corrected chi connectivity index (χ2v) is 4.86. The molecule has 1 aromatic rings. The molecule has 4 nitrogen and oxygen atoms in total. The molecule has 18 heavy (non-hydrogen) atoms. The third-order valence-electron chi connectivity index (χ3n) is 1.85. The van der Waals surface area contributed by atoms with E-state index in [4.69, 9.17) is 0 Å². The lowest BCUT2D eigenvalue weighted by molar-refractivity contribution is -0.154. The van der Waals surface area contributed by atoms with Crippen LogP contribution in [0.4, 0.5) is 13.2 Å². The maximum Gasteiger partial charge on any atom is 0.422 e. The zero-order chi connectivity index (χ0) is 13.8. The zero-order valence-corrected chi connectivity index (χ0v) is 10.5. The van der Waals surface area contributed by atoms with Gasteiger partial charge in [-0.2, -0.15) is 13.2 Å². The van der Waals surface area contributed by atoms with Gasteiger partial charge in [-0.05, 0) is 20.8 Å². The first-order valence-corrected chi connectivity index (χ1v) is 5.41. The summed E-state index contributed by atoms with van der Waals surface area (Å²) in [5.74, 6) is -0.125. The van der Waals surface area contributed by atoms with E-state index in [-0.39, 0.29) is 11.4 Å². The van der Waals surface area contributed by atoms with Gasteiger partial charge in [0.25, 0.3) is 0 Å². The molecule has 0 saturated heterocycles. The predicted molar refractivity (Wildman–Crippen MR) is 60.2 cm³/mol. The van der Waals surface area contributed by atoms with E-state index in [2.05, 4.69) is 20.0 Å². The molecular weight excluding hydrogens is 247 g/mol. The average molecular weight is 263 g/mol. The molecule has 0 aliphatic carbocycles. The van der Waals surface area contributed by atoms with Crippen LogP contribution in [0.15, 0.2) is 12.4 Å². The molecule has 0 radical (unpaired) electrons. The van der Waals surface area contributed by atoms with Crippen LogP contribution in [0.3, 0.4) is 0 Å². The number of rotatable bonds is 4. The normalized spacial score (nSPS) is 12.6. The Morgan fingerprint density at radius 1 is 1.22 bits per heavy atom. The average Bonchev–Trinajstić information content (AvgIpc) is 2.22. The van der Waals surface area contributed by atoms with Crippen LogP contribution in [-0.2, 0) is 6.54 Å². The molecule has 0 aromatic carbocycles. The topological polar surface area (TPSA) is 47.0 Å². The molecule has 7 heteroatoms. The minimum atomic E-state index is -4.37. The molecule has 0 aliphatic heterocycles. The van der Waals surface area contributed by atoms with E-state index in [0.29, 0.717) is 12.2 Å². The first-order valence-electron chi connectivity index (χ1n) is 5.41. The van der Waals surface area contributed by atoms with Gasteiger partial charge in [0.1, 0.15) is 0 Å². The first kappa shape index (κ1) is 14.7. The van der Waals surface area contributed by atoms with Crippen LogP contribution in [0.2, 0.25) is 0 Å². The van der Waals surface area contributed by atoms with E-state index in [1.54, 1.807) is 0 Å². The monoisotopic (exact) mass is 263 g/mol. The summed E-state index contributed by atoms with van der Waals surface area (Å²) in [7, 11) is 0. The predicted octanol–water partition coefficient (Wildman–Crippen LogP) is 2.31. The summed E-state index contributed by atoms with van der Waals surface area (Å²) in [4.78, 5) is 7.72. The van der Waals surface area contributed by atoms with Crippen LogP contribution in [0.1, 0.15) is 26.5 Å². The van der Waals surface area contributed by atoms with Crippen LogP contribution in [0.25, 0.3) is 0 Å². The molecule has 1 aromatic heterocycles. The Morgan fingerprint density at radius 3 is 2.44 bits per heavy atom. The maximum absolute atomic E-state index is 12.0. The lowest BCUT2D eigenvalue weighted by Crippen LogP contribution is -2.35. The highest BCUT2D eigenvalue weighted by Gasteiger charge is 2.28. The smallest absolute Gasteiger partial charge is 0.422 e. The van der Waals surface area contributed by atoms with Gasteiger partial charge in [0.15, 0.2) is 6.61 Å². The molecule has 0 saturated carbocycles. The van der Waals surface area contributed by atoms with Crippen LogP contribution in [0.5, 0.6) is 5.88 Å². The fraction of sp³-hybridized carbons (Fsp3) is 0.636. The van der Waals surface area contributed by atoms with E-state index in [9.17, 15) is 13.2 Å². The van der Waals surface area contributed by atoms with Crippen LogP contribution >= 0.6 is 0 Å². The molecule has 0 amide bonds. The highest BCUT2D eigenvalue weighted by Crippen LogP contribution is 2.16. The Balaban J connectivity index is 2.57. The molecule has 0 bridgehead atoms. The summed E-state index contributed by atoms with van der Waals surface area (Å²) in [6, 6.07) is 0. The lowest BCUT2D eigenvalue weighted by Gasteiger charge is -2.20. The second-order valence-electron chi connectivity index (χ2n) is 4.86. The number of nitrogens with zero attached hydrogens (tertiary/aromatic N) is 2. The highest BCUT2D eigenvalue weighted by molar-refractivity contribution is 5.08. The van der Waals surface area contributed by atoms with Crippen molar-refractivity contribution in [2.24, 2.45) is 0 Å². The molecule has 1 N–H and O–H groups in total. The fourth-order valence-electron chi connectivity index (χ4n) is 1.05. The molecule has 1 rings (SSSR count). The molecule has 0 unspecified atom stereocenters. The summed E-state index contributed by atoms with van der Waals surface area (Å²) >= 11 is 0. The third kappa shape index (κ3) is 6.39. The maximum atomic E-state index is 12.0. The number of hydrogen-bond acceptors (Lipinski definition) is 4. The van der Waals surface area contributed by atoms with Gasteiger partial charge in [-0.25, -0.2) is 4.98 Å². The number of aromatic nitrogens is 2. The van der Waals surface area contributed by atoms with E-state index < -0.39 is 12.8 Å². The lowest BCUT2D eigenvalue weighted by atomic mass is 10.1. The van der Waals surface area contributed by atoms with E-state index in [1.807, 2.05) is 20.8 Å². The van der Waals surface area contributed by atoms with E-state index in [1.165, 1.54) is 6.20 Å². The highest BCUT2D eigenvalue weighted by atomic mass is 19.4. The zero-order valence-electron chi connectivity index (χ0n) is 10.5. The largest absolute Gasteiger partial charge is 0.467 e. The summed E-state index contributed by atoms with van der Waals surface area (Å²) < 4.78 is 40.4. The molecule has 0 fully saturated rings. The number of halogens is 3. The fourth-order valence-corrected chi connectivity index (χ4v) is 1.05. The van der Waals surface area contributed by atoms with Gasteiger partial charge in [-0.15, -0.1) is 0 Å². The number of ether oxygens (including phenoxy) is 1. The first-order chi connectivity index (χ1) is 8.16. The number of hydrogen-bond donors (Lipinski definition) is 1. The van der Waals surface area contributed by atoms with Gasteiger partial charge in [-0.1, -0.05) is 0 Å². The molecule has 102 valence electrons. The van der Waals surface area contributed by atoms with Crippen LogP contribution in [-0.4, -0.2) is 28.3 Å². The van der Waals surface area contributed by atoms with Gasteiger partial charge in [-0.3, -0.25) is 4.98 Å². The van der Waals surface area contributed by atoms with Crippen molar-refractivity contribution in [1.29, 1.82) is 0 Å². The van der Waals surface area contributed by atoms with Gasteiger partial charge >= 0.3 is 6.18 Å². The van der Waals surface area contributed by atoms with Crippen LogP contribution in [0, 0.1) is 0 Å². The Hall–Kier alpha value is -1.37. The Kier molecular flexibility index (Phi) is 4.50. The van der Waals surface area contributed by atoms with Crippen molar-refractivity contribution in [3.05, 3.63) is 18.1 Å². The SMILES string of the molecule is CC(C)(C)NCc1cncc(OCC(F)(F)F)n1. The van der Waals surface area contributed by atoms with Gasteiger partial charge in [0, 0.05) is 18.3 Å². The summed E-state index contributed by atoms with van der Waals surface area (Å²) in [6.45, 7) is 4.98. The molecule has 0 aliphatic rings. The van der Waals surface area contributed by atoms with Crippen LogP contribution < -0.4 is 10.1 Å². The van der Waals surface area contributed by atoms with Crippen molar-refractivity contribution in [3.63, 3.8) is 0 Å². The minimum Gasteiger partial charge on any atom is -0.467 e. The third-order valence-corrected chi connectivity index (χ3v) is 1.85. The molecular formula is C11H16F3N3O. The summed E-state index contributed by atoms with van der Waals surface area (Å²) in [5.41, 5.74) is 0.425. The number of nitrogens with one attached hydrogen (secondary N) is 1. The quantitative estimate of drug-likeness (QED) is 0.905. The second kappa shape index (κ2) is 5.51. The van der Waals surface area contributed by atoms with E-state index >= 15 is 0 Å². The van der Waals surface area contributed by atoms with Gasteiger partial charge < -0.3 is 10.1 Å². The summed E-state index contributed by atoms with van der Waals surface area (Å²) in [5, 5.41) is 3.16. The Morgan fingerprint density at radius 2 is 1.89 bits per heavy atom. The van der Waals surface area contributed by atoms with Gasteiger partial charge in [0.05, 0.1) is 11.9 Å².